The lowest BCUT2D eigenvalue weighted by molar-refractivity contribution is -0.156. The number of hydrogen-bond acceptors (Lipinski definition) is 5. The van der Waals surface area contributed by atoms with Crippen LogP contribution >= 0.6 is 0 Å². The Morgan fingerprint density at radius 2 is 1.47 bits per heavy atom. The van der Waals surface area contributed by atoms with Crippen molar-refractivity contribution in [1.29, 1.82) is 0 Å². The maximum absolute atomic E-state index is 12.8. The smallest absolute Gasteiger partial charge is 0.320 e. The molecular weight excluding hydrogens is 428 g/mol. The number of carbonyl (C=O) groups excluding carboxylic acids is 3. The van der Waals surface area contributed by atoms with E-state index in [4.69, 9.17) is 4.74 Å². The fourth-order valence-corrected chi connectivity index (χ4v) is 4.65. The van der Waals surface area contributed by atoms with Crippen LogP contribution in [0.25, 0.3) is 11.1 Å². The van der Waals surface area contributed by atoms with E-state index in [-0.39, 0.29) is 35.7 Å². The highest BCUT2D eigenvalue weighted by molar-refractivity contribution is 6.08. The van der Waals surface area contributed by atoms with Crippen LogP contribution in [0.1, 0.15) is 46.5 Å². The predicted octanol–water partition coefficient (Wildman–Crippen LogP) is 4.51. The normalized spacial score (nSPS) is 16.2. The molecule has 3 aromatic rings. The number of fused-ring (bicyclic) bond motifs is 1. The second kappa shape index (κ2) is 8.99. The molecule has 1 aliphatic rings. The standard InChI is InChI=1S/C29H24O5/c1-18(30)25-26(21-12-8-5-9-13-21)22(15-14-20-10-6-4-7-11-20)23-16-29(19(2)31,28(33)34-3)17-24(23)27(25)32/h4-13,32H,16-17H2,1-3H3. The number of hydrogen-bond donors (Lipinski definition) is 1. The molecule has 1 N–H and O–H groups in total. The van der Waals surface area contributed by atoms with E-state index in [1.807, 2.05) is 60.7 Å². The van der Waals surface area contributed by atoms with Crippen molar-refractivity contribution in [2.45, 2.75) is 26.7 Å². The third-order valence-corrected chi connectivity index (χ3v) is 6.42. The van der Waals surface area contributed by atoms with Crippen molar-refractivity contribution in [1.82, 2.24) is 0 Å². The summed E-state index contributed by atoms with van der Waals surface area (Å²) in [6.07, 6.45) is -0.0136. The van der Waals surface area contributed by atoms with Gasteiger partial charge >= 0.3 is 5.97 Å². The minimum atomic E-state index is -1.47. The highest BCUT2D eigenvalue weighted by atomic mass is 16.5. The van der Waals surface area contributed by atoms with Crippen LogP contribution in [0, 0.1) is 17.3 Å². The van der Waals surface area contributed by atoms with Gasteiger partial charge in [0.05, 0.1) is 12.7 Å². The van der Waals surface area contributed by atoms with Gasteiger partial charge in [-0.2, -0.15) is 0 Å². The third kappa shape index (κ3) is 3.78. The van der Waals surface area contributed by atoms with Crippen LogP contribution < -0.4 is 0 Å². The number of carbonyl (C=O) groups is 3. The molecule has 1 aliphatic carbocycles. The summed E-state index contributed by atoms with van der Waals surface area (Å²) >= 11 is 0. The van der Waals surface area contributed by atoms with Gasteiger partial charge < -0.3 is 9.84 Å². The van der Waals surface area contributed by atoms with Gasteiger partial charge in [0.15, 0.2) is 5.78 Å². The quantitative estimate of drug-likeness (QED) is 0.273. The monoisotopic (exact) mass is 452 g/mol. The first-order valence-electron chi connectivity index (χ1n) is 10.9. The van der Waals surface area contributed by atoms with E-state index in [2.05, 4.69) is 11.8 Å². The molecule has 3 aromatic carbocycles. The molecule has 170 valence electrons. The van der Waals surface area contributed by atoms with Gasteiger partial charge in [-0.25, -0.2) is 0 Å². The molecule has 0 fully saturated rings. The Morgan fingerprint density at radius 1 is 0.882 bits per heavy atom. The van der Waals surface area contributed by atoms with Crippen molar-refractivity contribution in [2.24, 2.45) is 5.41 Å². The van der Waals surface area contributed by atoms with Gasteiger partial charge in [-0.05, 0) is 49.9 Å². The highest BCUT2D eigenvalue weighted by Gasteiger charge is 2.51. The molecule has 1 atom stereocenters. The fourth-order valence-electron chi connectivity index (χ4n) is 4.65. The van der Waals surface area contributed by atoms with Gasteiger partial charge in [0.1, 0.15) is 16.9 Å². The Morgan fingerprint density at radius 3 is 2.03 bits per heavy atom. The summed E-state index contributed by atoms with van der Waals surface area (Å²) in [5.41, 5.74) is 2.15. The summed E-state index contributed by atoms with van der Waals surface area (Å²) < 4.78 is 4.99. The van der Waals surface area contributed by atoms with Gasteiger partial charge in [0.2, 0.25) is 0 Å². The molecule has 0 radical (unpaired) electrons. The lowest BCUT2D eigenvalue weighted by Gasteiger charge is -2.22. The van der Waals surface area contributed by atoms with Crippen LogP contribution in [0.2, 0.25) is 0 Å². The van der Waals surface area contributed by atoms with E-state index in [0.29, 0.717) is 27.8 Å². The predicted molar refractivity (Wildman–Crippen MR) is 129 cm³/mol. The summed E-state index contributed by atoms with van der Waals surface area (Å²) in [7, 11) is 1.24. The Hall–Kier alpha value is -4.17. The molecule has 0 bridgehead atoms. The van der Waals surface area contributed by atoms with Crippen LogP contribution in [0.15, 0.2) is 60.7 Å². The van der Waals surface area contributed by atoms with Crippen LogP contribution in [-0.2, 0) is 27.2 Å². The maximum atomic E-state index is 12.8. The van der Waals surface area contributed by atoms with E-state index in [1.54, 1.807) is 0 Å². The van der Waals surface area contributed by atoms with Gasteiger partial charge in [0, 0.05) is 22.3 Å². The van der Waals surface area contributed by atoms with Crippen molar-refractivity contribution in [2.75, 3.05) is 7.11 Å². The summed E-state index contributed by atoms with van der Waals surface area (Å²) in [5.74, 6) is 4.78. The molecule has 0 aliphatic heterocycles. The van der Waals surface area contributed by atoms with Crippen molar-refractivity contribution < 1.29 is 24.2 Å². The van der Waals surface area contributed by atoms with E-state index >= 15 is 0 Å². The van der Waals surface area contributed by atoms with Crippen LogP contribution in [0.3, 0.4) is 0 Å². The van der Waals surface area contributed by atoms with Gasteiger partial charge in [-0.15, -0.1) is 0 Å². The first kappa shape index (κ1) is 23.0. The third-order valence-electron chi connectivity index (χ3n) is 6.42. The molecule has 5 nitrogen and oxygen atoms in total. The number of rotatable bonds is 4. The largest absolute Gasteiger partial charge is 0.507 e. The number of phenols is 1. The number of esters is 1. The van der Waals surface area contributed by atoms with E-state index in [0.717, 1.165) is 5.56 Å². The molecule has 0 amide bonds. The fraction of sp³-hybridized carbons (Fsp3) is 0.207. The molecular formula is C29H24O5. The molecule has 0 saturated heterocycles. The van der Waals surface area contributed by atoms with Gasteiger partial charge in [-0.3, -0.25) is 14.4 Å². The van der Waals surface area contributed by atoms with Crippen molar-refractivity contribution in [3.63, 3.8) is 0 Å². The Labute approximate surface area is 198 Å². The summed E-state index contributed by atoms with van der Waals surface area (Å²) in [6, 6.07) is 18.6. The zero-order chi connectivity index (χ0) is 24.5. The molecule has 4 rings (SSSR count). The van der Waals surface area contributed by atoms with E-state index < -0.39 is 11.4 Å². The molecule has 1 unspecified atom stereocenters. The molecule has 5 heteroatoms. The Kier molecular flexibility index (Phi) is 6.08. The summed E-state index contributed by atoms with van der Waals surface area (Å²) in [6.45, 7) is 2.73. The first-order valence-corrected chi connectivity index (χ1v) is 10.9. The highest BCUT2D eigenvalue weighted by Crippen LogP contribution is 2.49. The zero-order valence-electron chi connectivity index (χ0n) is 19.3. The van der Waals surface area contributed by atoms with Gasteiger partial charge in [-0.1, -0.05) is 60.4 Å². The van der Waals surface area contributed by atoms with Crippen molar-refractivity contribution in [3.05, 3.63) is 88.5 Å². The molecule has 0 aromatic heterocycles. The van der Waals surface area contributed by atoms with Crippen LogP contribution in [0.4, 0.5) is 0 Å². The second-order valence-corrected chi connectivity index (χ2v) is 8.45. The topological polar surface area (TPSA) is 80.7 Å². The average Bonchev–Trinajstić information content (AvgIpc) is 3.26. The molecule has 34 heavy (non-hydrogen) atoms. The average molecular weight is 453 g/mol. The number of methoxy groups -OCH3 is 1. The number of phenolic OH excluding ortho intramolecular Hbond substituents is 1. The Balaban J connectivity index is 2.09. The lowest BCUT2D eigenvalue weighted by atomic mass is 9.80. The van der Waals surface area contributed by atoms with Crippen LogP contribution in [0.5, 0.6) is 5.75 Å². The molecule has 0 heterocycles. The number of ketones is 2. The first-order chi connectivity index (χ1) is 16.3. The zero-order valence-corrected chi connectivity index (χ0v) is 19.3. The molecule has 0 spiro atoms. The minimum Gasteiger partial charge on any atom is -0.507 e. The number of ether oxygens (including phenoxy) is 1. The SMILES string of the molecule is COC(=O)C1(C(C)=O)Cc2c(O)c(C(C)=O)c(-c3ccccc3)c(C#Cc3ccccc3)c2C1. The van der Waals surface area contributed by atoms with E-state index in [9.17, 15) is 19.5 Å². The van der Waals surface area contributed by atoms with Crippen molar-refractivity contribution in [3.8, 4) is 28.7 Å². The number of Topliss-reactive ketones (excluding diaryl/α,β-unsaturated/α-hetero) is 2. The van der Waals surface area contributed by atoms with E-state index in [1.165, 1.54) is 21.0 Å². The number of aromatic hydroxyl groups is 1. The Bertz CT molecular complexity index is 1360. The van der Waals surface area contributed by atoms with Crippen molar-refractivity contribution >= 4 is 17.5 Å². The summed E-state index contributed by atoms with van der Waals surface area (Å²) in [5, 5.41) is 11.3. The summed E-state index contributed by atoms with van der Waals surface area (Å²) in [4.78, 5) is 38.3. The minimum absolute atomic E-state index is 0.0364. The van der Waals surface area contributed by atoms with Crippen LogP contribution in [-0.4, -0.2) is 29.8 Å². The van der Waals surface area contributed by atoms with Gasteiger partial charge in [0.25, 0.3) is 0 Å². The molecule has 0 saturated carbocycles. The second-order valence-electron chi connectivity index (χ2n) is 8.45. The number of benzene rings is 3. The lowest BCUT2D eigenvalue weighted by Crippen LogP contribution is -2.39. The maximum Gasteiger partial charge on any atom is 0.320 e.